The summed E-state index contributed by atoms with van der Waals surface area (Å²) in [4.78, 5) is 25.9. The zero-order valence-electron chi connectivity index (χ0n) is 14.1. The van der Waals surface area contributed by atoms with E-state index >= 15 is 0 Å². The quantitative estimate of drug-likeness (QED) is 0.799. The van der Waals surface area contributed by atoms with Gasteiger partial charge in [0.2, 0.25) is 5.91 Å². The Morgan fingerprint density at radius 2 is 2.04 bits per heavy atom. The minimum atomic E-state index is -0.705. The van der Waals surface area contributed by atoms with E-state index in [1.807, 2.05) is 26.0 Å². The molecular formula is C18H25NO4. The topological polar surface area (TPSA) is 55.8 Å². The van der Waals surface area contributed by atoms with Crippen molar-refractivity contribution in [2.24, 2.45) is 0 Å². The maximum Gasteiger partial charge on any atom is 0.510 e. The monoisotopic (exact) mass is 319 g/mol. The van der Waals surface area contributed by atoms with Gasteiger partial charge in [0.1, 0.15) is 0 Å². The zero-order valence-corrected chi connectivity index (χ0v) is 14.1. The van der Waals surface area contributed by atoms with Gasteiger partial charge in [-0.3, -0.25) is 4.79 Å². The molecule has 1 atom stereocenters. The van der Waals surface area contributed by atoms with Crippen LogP contribution in [0.4, 0.5) is 4.79 Å². The van der Waals surface area contributed by atoms with E-state index in [2.05, 4.69) is 6.07 Å². The van der Waals surface area contributed by atoms with Crippen LogP contribution in [0, 0.1) is 13.8 Å². The van der Waals surface area contributed by atoms with E-state index in [1.54, 1.807) is 11.8 Å². The number of piperidine rings is 1. The van der Waals surface area contributed by atoms with Gasteiger partial charge >= 0.3 is 6.16 Å². The van der Waals surface area contributed by atoms with E-state index in [4.69, 9.17) is 9.47 Å². The third kappa shape index (κ3) is 4.71. The Morgan fingerprint density at radius 3 is 2.74 bits per heavy atom. The largest absolute Gasteiger partial charge is 0.510 e. The van der Waals surface area contributed by atoms with Gasteiger partial charge in [-0.1, -0.05) is 23.8 Å². The molecule has 0 radical (unpaired) electrons. The van der Waals surface area contributed by atoms with E-state index in [1.165, 1.54) is 5.56 Å². The molecule has 0 N–H and O–H groups in total. The highest BCUT2D eigenvalue weighted by molar-refractivity contribution is 5.79. The van der Waals surface area contributed by atoms with Gasteiger partial charge in [-0.2, -0.15) is 0 Å². The van der Waals surface area contributed by atoms with Crippen molar-refractivity contribution in [3.8, 4) is 0 Å². The van der Waals surface area contributed by atoms with Gasteiger partial charge in [0.05, 0.1) is 13.0 Å². The fourth-order valence-electron chi connectivity index (χ4n) is 2.88. The molecule has 23 heavy (non-hydrogen) atoms. The molecule has 0 spiro atoms. The normalized spacial score (nSPS) is 17.7. The smallest absolute Gasteiger partial charge is 0.435 e. The minimum absolute atomic E-state index is 0.00838. The molecule has 1 aliphatic rings. The van der Waals surface area contributed by atoms with E-state index in [0.29, 0.717) is 19.4 Å². The van der Waals surface area contributed by atoms with Crippen molar-refractivity contribution in [3.05, 3.63) is 34.9 Å². The van der Waals surface area contributed by atoms with Gasteiger partial charge in [-0.15, -0.1) is 0 Å². The van der Waals surface area contributed by atoms with Crippen molar-refractivity contribution in [1.29, 1.82) is 0 Å². The van der Waals surface area contributed by atoms with Crippen molar-refractivity contribution in [3.63, 3.8) is 0 Å². The number of carbonyl (C=O) groups excluding carboxylic acids is 2. The van der Waals surface area contributed by atoms with Crippen LogP contribution < -0.4 is 0 Å². The highest BCUT2D eigenvalue weighted by atomic mass is 16.7. The summed E-state index contributed by atoms with van der Waals surface area (Å²) in [5.74, 6) is -0.00838. The fourth-order valence-corrected chi connectivity index (χ4v) is 2.88. The Morgan fingerprint density at radius 1 is 1.26 bits per heavy atom. The predicted octanol–water partition coefficient (Wildman–Crippen LogP) is 3.36. The number of benzene rings is 1. The summed E-state index contributed by atoms with van der Waals surface area (Å²) in [5, 5.41) is 0. The second kappa shape index (κ2) is 7.99. The van der Waals surface area contributed by atoms with Crippen LogP contribution in [-0.2, 0) is 20.7 Å². The Bertz CT molecular complexity index is 570. The minimum Gasteiger partial charge on any atom is -0.435 e. The summed E-state index contributed by atoms with van der Waals surface area (Å²) in [6.07, 6.45) is 1.65. The van der Waals surface area contributed by atoms with Crippen LogP contribution in [0.15, 0.2) is 18.2 Å². The molecule has 1 saturated heterocycles. The second-order valence-electron chi connectivity index (χ2n) is 5.95. The lowest BCUT2D eigenvalue weighted by Gasteiger charge is -2.34. The average Bonchev–Trinajstić information content (AvgIpc) is 2.50. The summed E-state index contributed by atoms with van der Waals surface area (Å²) in [6.45, 7) is 6.66. The first-order valence-corrected chi connectivity index (χ1v) is 8.20. The number of carbonyl (C=O) groups is 2. The molecule has 1 aliphatic heterocycles. The molecule has 5 heteroatoms. The first-order chi connectivity index (χ1) is 11.0. The number of nitrogens with zero attached hydrogens (tertiary/aromatic N) is 1. The van der Waals surface area contributed by atoms with E-state index in [-0.39, 0.29) is 12.5 Å². The molecule has 0 saturated carbocycles. The third-order valence-electron chi connectivity index (χ3n) is 4.10. The first kappa shape index (κ1) is 17.3. The van der Waals surface area contributed by atoms with Crippen molar-refractivity contribution in [2.75, 3.05) is 13.2 Å². The molecule has 1 amide bonds. The van der Waals surface area contributed by atoms with Crippen LogP contribution in [0.2, 0.25) is 0 Å². The van der Waals surface area contributed by atoms with Crippen molar-refractivity contribution >= 4 is 12.1 Å². The summed E-state index contributed by atoms with van der Waals surface area (Å²) in [7, 11) is 0. The summed E-state index contributed by atoms with van der Waals surface area (Å²) in [5.41, 5.74) is 3.31. The van der Waals surface area contributed by atoms with Gasteiger partial charge in [0, 0.05) is 13.0 Å². The lowest BCUT2D eigenvalue weighted by molar-refractivity contribution is -0.145. The lowest BCUT2D eigenvalue weighted by Crippen LogP contribution is -2.46. The van der Waals surface area contributed by atoms with Gasteiger partial charge < -0.3 is 14.4 Å². The SMILES string of the molecule is CCOC(=O)OC1CCCCN1C(=O)Cc1ccc(C)cc1C. The number of ether oxygens (including phenoxy) is 2. The standard InChI is InChI=1S/C18H25NO4/c1-4-22-18(21)23-17-7-5-6-10-19(17)16(20)12-15-9-8-13(2)11-14(15)3/h8-9,11,17H,4-7,10,12H2,1-3H3. The lowest BCUT2D eigenvalue weighted by atomic mass is 10.0. The molecule has 2 rings (SSSR count). The molecule has 0 bridgehead atoms. The Balaban J connectivity index is 2.04. The van der Waals surface area contributed by atoms with Crippen LogP contribution in [0.5, 0.6) is 0 Å². The van der Waals surface area contributed by atoms with Crippen LogP contribution >= 0.6 is 0 Å². The summed E-state index contributed by atoms with van der Waals surface area (Å²) < 4.78 is 10.1. The molecule has 1 unspecified atom stereocenters. The van der Waals surface area contributed by atoms with Gasteiger partial charge in [0.25, 0.3) is 0 Å². The fraction of sp³-hybridized carbons (Fsp3) is 0.556. The van der Waals surface area contributed by atoms with Crippen LogP contribution in [0.3, 0.4) is 0 Å². The average molecular weight is 319 g/mol. The van der Waals surface area contributed by atoms with Crippen molar-refractivity contribution in [1.82, 2.24) is 4.90 Å². The number of likely N-dealkylation sites (tertiary alicyclic amines) is 1. The molecule has 5 nitrogen and oxygen atoms in total. The Labute approximate surface area is 137 Å². The highest BCUT2D eigenvalue weighted by Crippen LogP contribution is 2.21. The van der Waals surface area contributed by atoms with E-state index < -0.39 is 12.4 Å². The number of aryl methyl sites for hydroxylation is 2. The third-order valence-corrected chi connectivity index (χ3v) is 4.10. The number of hydrogen-bond acceptors (Lipinski definition) is 4. The summed E-state index contributed by atoms with van der Waals surface area (Å²) >= 11 is 0. The molecule has 0 aliphatic carbocycles. The van der Waals surface area contributed by atoms with E-state index in [0.717, 1.165) is 24.0 Å². The molecule has 126 valence electrons. The number of amides is 1. The zero-order chi connectivity index (χ0) is 16.8. The predicted molar refractivity (Wildman–Crippen MR) is 87.1 cm³/mol. The highest BCUT2D eigenvalue weighted by Gasteiger charge is 2.30. The molecule has 1 aromatic carbocycles. The molecule has 0 aromatic heterocycles. The van der Waals surface area contributed by atoms with Crippen LogP contribution in [0.1, 0.15) is 42.9 Å². The second-order valence-corrected chi connectivity index (χ2v) is 5.95. The molecule has 1 fully saturated rings. The number of rotatable bonds is 4. The van der Waals surface area contributed by atoms with Crippen LogP contribution in [-0.4, -0.2) is 36.3 Å². The maximum absolute atomic E-state index is 12.6. The van der Waals surface area contributed by atoms with Crippen molar-refractivity contribution in [2.45, 2.75) is 52.7 Å². The van der Waals surface area contributed by atoms with Gasteiger partial charge in [-0.05, 0) is 44.7 Å². The molecular weight excluding hydrogens is 294 g/mol. The Hall–Kier alpha value is -2.04. The maximum atomic E-state index is 12.6. The molecule has 1 aromatic rings. The molecule has 1 heterocycles. The Kier molecular flexibility index (Phi) is 6.02. The van der Waals surface area contributed by atoms with Gasteiger partial charge in [0.15, 0.2) is 6.23 Å². The van der Waals surface area contributed by atoms with Gasteiger partial charge in [-0.25, -0.2) is 4.79 Å². The van der Waals surface area contributed by atoms with E-state index in [9.17, 15) is 9.59 Å². The summed E-state index contributed by atoms with van der Waals surface area (Å²) in [6, 6.07) is 6.08. The van der Waals surface area contributed by atoms with Crippen LogP contribution in [0.25, 0.3) is 0 Å². The number of hydrogen-bond donors (Lipinski definition) is 0. The first-order valence-electron chi connectivity index (χ1n) is 8.20. The van der Waals surface area contributed by atoms with Crippen molar-refractivity contribution < 1.29 is 19.1 Å².